The fraction of sp³-hybridized carbons (Fsp3) is 0.769. The van der Waals surface area contributed by atoms with Gasteiger partial charge in [-0.1, -0.05) is 0 Å². The fourth-order valence-electron chi connectivity index (χ4n) is 2.73. The van der Waals surface area contributed by atoms with Crippen LogP contribution in [0.15, 0.2) is 6.20 Å². The van der Waals surface area contributed by atoms with E-state index in [4.69, 9.17) is 0 Å². The molecule has 114 valence electrons. The van der Waals surface area contributed by atoms with Gasteiger partial charge < -0.3 is 5.32 Å². The molecule has 0 spiro atoms. The van der Waals surface area contributed by atoms with Gasteiger partial charge >= 0.3 is 0 Å². The van der Waals surface area contributed by atoms with Crippen molar-refractivity contribution in [2.45, 2.75) is 26.3 Å². The van der Waals surface area contributed by atoms with Crippen LogP contribution in [0.4, 0.5) is 0 Å². The van der Waals surface area contributed by atoms with Gasteiger partial charge in [-0.15, -0.1) is 0 Å². The Morgan fingerprint density at radius 2 is 2.25 bits per heavy atom. The van der Waals surface area contributed by atoms with Crippen molar-refractivity contribution in [1.82, 2.24) is 19.4 Å². The molecule has 1 N–H and O–H groups in total. The Labute approximate surface area is 121 Å². The van der Waals surface area contributed by atoms with Gasteiger partial charge in [0.05, 0.1) is 11.9 Å². The second-order valence-corrected chi connectivity index (χ2v) is 7.66. The van der Waals surface area contributed by atoms with Crippen molar-refractivity contribution in [2.24, 2.45) is 13.0 Å². The van der Waals surface area contributed by atoms with E-state index in [9.17, 15) is 8.42 Å². The van der Waals surface area contributed by atoms with E-state index in [0.717, 1.165) is 31.6 Å². The number of piperidine rings is 1. The smallest absolute Gasteiger partial charge is 0.211 e. The average Bonchev–Trinajstić information content (AvgIpc) is 2.67. The van der Waals surface area contributed by atoms with Crippen molar-refractivity contribution in [1.29, 1.82) is 0 Å². The van der Waals surface area contributed by atoms with E-state index in [1.165, 1.54) is 11.8 Å². The number of sulfonamides is 1. The molecular weight excluding hydrogens is 276 g/mol. The SMILES string of the molecule is Cc1nn(C)cc1CNCC1CCCN(S(C)(=O)=O)C1. The van der Waals surface area contributed by atoms with Gasteiger partial charge in [0.2, 0.25) is 10.0 Å². The number of aryl methyl sites for hydroxylation is 2. The van der Waals surface area contributed by atoms with Gasteiger partial charge in [-0.2, -0.15) is 5.10 Å². The molecule has 0 amide bonds. The van der Waals surface area contributed by atoms with Gasteiger partial charge in [0.25, 0.3) is 0 Å². The molecule has 1 fully saturated rings. The van der Waals surface area contributed by atoms with Crippen molar-refractivity contribution in [2.75, 3.05) is 25.9 Å². The normalized spacial score (nSPS) is 21.2. The predicted octanol–water partition coefficient (Wildman–Crippen LogP) is 0.490. The molecule has 0 saturated carbocycles. The molecule has 1 atom stereocenters. The highest BCUT2D eigenvalue weighted by Gasteiger charge is 2.25. The van der Waals surface area contributed by atoms with E-state index in [1.54, 1.807) is 4.31 Å². The summed E-state index contributed by atoms with van der Waals surface area (Å²) in [5, 5.41) is 7.73. The summed E-state index contributed by atoms with van der Waals surface area (Å²) in [7, 11) is -1.13. The first-order valence-electron chi connectivity index (χ1n) is 7.01. The quantitative estimate of drug-likeness (QED) is 0.859. The Bertz CT molecular complexity index is 553. The third kappa shape index (κ3) is 4.04. The van der Waals surface area contributed by atoms with Crippen molar-refractivity contribution >= 4 is 10.0 Å². The van der Waals surface area contributed by atoms with E-state index < -0.39 is 10.0 Å². The van der Waals surface area contributed by atoms with Crippen LogP contribution in [0.5, 0.6) is 0 Å². The van der Waals surface area contributed by atoms with Crippen LogP contribution in [-0.2, 0) is 23.6 Å². The lowest BCUT2D eigenvalue weighted by molar-refractivity contribution is 0.261. The van der Waals surface area contributed by atoms with Crippen LogP contribution < -0.4 is 5.32 Å². The summed E-state index contributed by atoms with van der Waals surface area (Å²) in [5.74, 6) is 0.399. The first kappa shape index (κ1) is 15.5. The van der Waals surface area contributed by atoms with Crippen LogP contribution in [-0.4, -0.2) is 48.4 Å². The maximum Gasteiger partial charge on any atom is 0.211 e. The minimum absolute atomic E-state index is 0.399. The molecule has 1 aromatic heterocycles. The minimum atomic E-state index is -3.05. The Balaban J connectivity index is 1.81. The molecule has 0 aliphatic carbocycles. The maximum absolute atomic E-state index is 11.6. The zero-order valence-corrected chi connectivity index (χ0v) is 13.3. The third-order valence-corrected chi connectivity index (χ3v) is 5.08. The van der Waals surface area contributed by atoms with Crippen molar-refractivity contribution in [3.8, 4) is 0 Å². The summed E-state index contributed by atoms with van der Waals surface area (Å²) in [4.78, 5) is 0. The van der Waals surface area contributed by atoms with Crippen molar-refractivity contribution in [3.05, 3.63) is 17.5 Å². The lowest BCUT2D eigenvalue weighted by atomic mass is 10.00. The maximum atomic E-state index is 11.6. The molecule has 1 aromatic rings. The molecule has 2 heterocycles. The van der Waals surface area contributed by atoms with Gasteiger partial charge in [0, 0.05) is 38.4 Å². The number of nitrogens with one attached hydrogen (secondary N) is 1. The largest absolute Gasteiger partial charge is 0.312 e. The highest BCUT2D eigenvalue weighted by molar-refractivity contribution is 7.88. The van der Waals surface area contributed by atoms with Crippen molar-refractivity contribution < 1.29 is 8.42 Å². The molecule has 2 rings (SSSR count). The Kier molecular flexibility index (Phi) is 4.82. The van der Waals surface area contributed by atoms with Gasteiger partial charge in [-0.3, -0.25) is 4.68 Å². The molecule has 0 bridgehead atoms. The van der Waals surface area contributed by atoms with Gasteiger partial charge in [-0.25, -0.2) is 12.7 Å². The summed E-state index contributed by atoms with van der Waals surface area (Å²) >= 11 is 0. The van der Waals surface area contributed by atoms with Crippen LogP contribution in [0.2, 0.25) is 0 Å². The Morgan fingerprint density at radius 1 is 1.50 bits per heavy atom. The monoisotopic (exact) mass is 300 g/mol. The first-order chi connectivity index (χ1) is 9.36. The molecule has 0 radical (unpaired) electrons. The van der Waals surface area contributed by atoms with Gasteiger partial charge in [0.1, 0.15) is 0 Å². The number of rotatable bonds is 5. The summed E-state index contributed by atoms with van der Waals surface area (Å²) in [5.41, 5.74) is 2.24. The Morgan fingerprint density at radius 3 is 2.85 bits per heavy atom. The van der Waals surface area contributed by atoms with Gasteiger partial charge in [-0.05, 0) is 32.2 Å². The molecule has 20 heavy (non-hydrogen) atoms. The first-order valence-corrected chi connectivity index (χ1v) is 8.86. The summed E-state index contributed by atoms with van der Waals surface area (Å²) in [6.07, 6.45) is 5.35. The highest BCUT2D eigenvalue weighted by Crippen LogP contribution is 2.18. The zero-order chi connectivity index (χ0) is 14.8. The standard InChI is InChI=1S/C13H24N4O2S/c1-11-13(10-16(2)15-11)8-14-7-12-5-4-6-17(9-12)20(3,18)19/h10,12,14H,4-9H2,1-3H3. The van der Waals surface area contributed by atoms with E-state index in [-0.39, 0.29) is 0 Å². The number of hydrogen-bond acceptors (Lipinski definition) is 4. The van der Waals surface area contributed by atoms with Crippen LogP contribution in [0.3, 0.4) is 0 Å². The second-order valence-electron chi connectivity index (χ2n) is 5.67. The van der Waals surface area contributed by atoms with E-state index in [2.05, 4.69) is 10.4 Å². The summed E-state index contributed by atoms with van der Waals surface area (Å²) in [6.45, 7) is 4.94. The molecule has 1 saturated heterocycles. The summed E-state index contributed by atoms with van der Waals surface area (Å²) in [6, 6.07) is 0. The lowest BCUT2D eigenvalue weighted by Crippen LogP contribution is -2.42. The topological polar surface area (TPSA) is 67.2 Å². The minimum Gasteiger partial charge on any atom is -0.312 e. The number of nitrogens with zero attached hydrogens (tertiary/aromatic N) is 3. The second kappa shape index (κ2) is 6.24. The van der Waals surface area contributed by atoms with Crippen LogP contribution in [0.1, 0.15) is 24.1 Å². The highest BCUT2D eigenvalue weighted by atomic mass is 32.2. The zero-order valence-electron chi connectivity index (χ0n) is 12.5. The predicted molar refractivity (Wildman–Crippen MR) is 78.8 cm³/mol. The summed E-state index contributed by atoms with van der Waals surface area (Å²) < 4.78 is 26.6. The average molecular weight is 300 g/mol. The van der Waals surface area contributed by atoms with Crippen molar-refractivity contribution in [3.63, 3.8) is 0 Å². The molecular formula is C13H24N4O2S. The molecule has 1 aliphatic heterocycles. The third-order valence-electron chi connectivity index (χ3n) is 3.81. The molecule has 1 unspecified atom stereocenters. The number of aromatic nitrogens is 2. The van der Waals surface area contributed by atoms with Gasteiger partial charge in [0.15, 0.2) is 0 Å². The molecule has 1 aliphatic rings. The molecule has 7 heteroatoms. The Hall–Kier alpha value is -0.920. The lowest BCUT2D eigenvalue weighted by Gasteiger charge is -2.31. The molecule has 0 aromatic carbocycles. The van der Waals surface area contributed by atoms with E-state index in [0.29, 0.717) is 19.0 Å². The number of hydrogen-bond donors (Lipinski definition) is 1. The fourth-order valence-corrected chi connectivity index (χ4v) is 3.67. The van der Waals surface area contributed by atoms with E-state index in [1.807, 2.05) is 24.9 Å². The van der Waals surface area contributed by atoms with Crippen LogP contribution in [0, 0.1) is 12.8 Å². The van der Waals surface area contributed by atoms with Crippen LogP contribution in [0.25, 0.3) is 0 Å². The van der Waals surface area contributed by atoms with E-state index >= 15 is 0 Å². The molecule has 6 nitrogen and oxygen atoms in total. The van der Waals surface area contributed by atoms with Crippen LogP contribution >= 0.6 is 0 Å².